The summed E-state index contributed by atoms with van der Waals surface area (Å²) in [5, 5.41) is 2.98. The van der Waals surface area contributed by atoms with Crippen LogP contribution in [-0.2, 0) is 4.74 Å². The Labute approximate surface area is 177 Å². The number of aromatic nitrogens is 1. The molecule has 0 unspecified atom stereocenters. The quantitative estimate of drug-likeness (QED) is 0.538. The summed E-state index contributed by atoms with van der Waals surface area (Å²) in [4.78, 5) is 12.9. The highest BCUT2D eigenvalue weighted by molar-refractivity contribution is 5.97. The van der Waals surface area contributed by atoms with Gasteiger partial charge in [-0.2, -0.15) is 0 Å². The molecule has 0 radical (unpaired) electrons. The maximum Gasteiger partial charge on any atom is 0.253 e. The molecule has 3 aromatic rings. The van der Waals surface area contributed by atoms with Crippen molar-refractivity contribution in [1.82, 2.24) is 9.88 Å². The summed E-state index contributed by atoms with van der Waals surface area (Å²) in [5.41, 5.74) is 4.33. The van der Waals surface area contributed by atoms with Crippen molar-refractivity contribution in [2.24, 2.45) is 0 Å². The van der Waals surface area contributed by atoms with Gasteiger partial charge in [0.1, 0.15) is 11.5 Å². The summed E-state index contributed by atoms with van der Waals surface area (Å²) in [6.45, 7) is 3.13. The van der Waals surface area contributed by atoms with Crippen LogP contribution in [0.3, 0.4) is 0 Å². The molecule has 6 heteroatoms. The van der Waals surface area contributed by atoms with E-state index in [-0.39, 0.29) is 5.91 Å². The van der Waals surface area contributed by atoms with Gasteiger partial charge in [0.15, 0.2) is 0 Å². The highest BCUT2D eigenvalue weighted by atomic mass is 16.5. The van der Waals surface area contributed by atoms with Crippen LogP contribution in [0.25, 0.3) is 16.9 Å². The number of ether oxygens (including phenoxy) is 3. The Kier molecular flexibility index (Phi) is 7.14. The molecular formula is C24H28N2O4. The van der Waals surface area contributed by atoms with Gasteiger partial charge in [-0.05, 0) is 61.4 Å². The van der Waals surface area contributed by atoms with E-state index in [9.17, 15) is 4.79 Å². The number of carbonyl (C=O) groups is 1. The van der Waals surface area contributed by atoms with Gasteiger partial charge in [-0.1, -0.05) is 6.07 Å². The predicted molar refractivity (Wildman–Crippen MR) is 118 cm³/mol. The number of benzene rings is 2. The Morgan fingerprint density at radius 1 is 0.967 bits per heavy atom. The smallest absolute Gasteiger partial charge is 0.253 e. The van der Waals surface area contributed by atoms with E-state index in [4.69, 9.17) is 14.2 Å². The molecule has 0 bridgehead atoms. The van der Waals surface area contributed by atoms with E-state index < -0.39 is 0 Å². The number of amides is 1. The van der Waals surface area contributed by atoms with Crippen LogP contribution in [0, 0.1) is 6.92 Å². The summed E-state index contributed by atoms with van der Waals surface area (Å²) in [6, 6.07) is 17.5. The maximum absolute atomic E-state index is 12.9. The van der Waals surface area contributed by atoms with Gasteiger partial charge in [-0.15, -0.1) is 0 Å². The van der Waals surface area contributed by atoms with Gasteiger partial charge in [0.2, 0.25) is 0 Å². The lowest BCUT2D eigenvalue weighted by Gasteiger charge is -2.14. The highest BCUT2D eigenvalue weighted by Crippen LogP contribution is 2.31. The Bertz CT molecular complexity index is 993. The Morgan fingerprint density at radius 2 is 1.70 bits per heavy atom. The lowest BCUT2D eigenvalue weighted by molar-refractivity contribution is 0.0948. The second-order valence-electron chi connectivity index (χ2n) is 6.90. The predicted octanol–water partition coefficient (Wildman–Crippen LogP) is 4.24. The number of hydrogen-bond acceptors (Lipinski definition) is 4. The topological polar surface area (TPSA) is 61.7 Å². The first kappa shape index (κ1) is 21.5. The van der Waals surface area contributed by atoms with Crippen molar-refractivity contribution in [3.8, 4) is 28.4 Å². The van der Waals surface area contributed by atoms with Crippen molar-refractivity contribution in [1.29, 1.82) is 0 Å². The molecule has 30 heavy (non-hydrogen) atoms. The van der Waals surface area contributed by atoms with Gasteiger partial charge in [0, 0.05) is 37.7 Å². The largest absolute Gasteiger partial charge is 0.497 e. The van der Waals surface area contributed by atoms with Crippen LogP contribution in [-0.4, -0.2) is 45.0 Å². The van der Waals surface area contributed by atoms with Crippen LogP contribution in [0.15, 0.2) is 54.6 Å². The molecule has 0 aliphatic carbocycles. The number of nitrogens with zero attached hydrogens (tertiary/aromatic N) is 1. The van der Waals surface area contributed by atoms with Gasteiger partial charge in [0.05, 0.1) is 25.5 Å². The molecule has 0 fully saturated rings. The molecule has 3 rings (SSSR count). The first-order valence-electron chi connectivity index (χ1n) is 9.87. The molecule has 0 aliphatic heterocycles. The average Bonchev–Trinajstić information content (AvgIpc) is 3.13. The third kappa shape index (κ3) is 4.66. The van der Waals surface area contributed by atoms with Crippen LogP contribution in [0.2, 0.25) is 0 Å². The fourth-order valence-corrected chi connectivity index (χ4v) is 3.41. The van der Waals surface area contributed by atoms with E-state index >= 15 is 0 Å². The molecule has 0 saturated heterocycles. The van der Waals surface area contributed by atoms with E-state index in [0.29, 0.717) is 18.7 Å². The van der Waals surface area contributed by atoms with Crippen molar-refractivity contribution in [3.63, 3.8) is 0 Å². The molecule has 0 spiro atoms. The van der Waals surface area contributed by atoms with E-state index in [1.54, 1.807) is 21.3 Å². The Balaban J connectivity index is 2.05. The second kappa shape index (κ2) is 9.98. The van der Waals surface area contributed by atoms with Gasteiger partial charge < -0.3 is 24.1 Å². The van der Waals surface area contributed by atoms with Crippen molar-refractivity contribution in [2.45, 2.75) is 13.3 Å². The summed E-state index contributed by atoms with van der Waals surface area (Å²) in [6.07, 6.45) is 0.767. The minimum atomic E-state index is -0.0972. The maximum atomic E-state index is 12.9. The molecular weight excluding hydrogens is 380 g/mol. The van der Waals surface area contributed by atoms with Gasteiger partial charge in [-0.25, -0.2) is 0 Å². The number of carbonyl (C=O) groups excluding carboxylic acids is 1. The van der Waals surface area contributed by atoms with E-state index in [1.165, 1.54) is 0 Å². The van der Waals surface area contributed by atoms with E-state index in [1.807, 2.05) is 61.5 Å². The van der Waals surface area contributed by atoms with Crippen LogP contribution in [0.5, 0.6) is 11.5 Å². The number of methoxy groups -OCH3 is 3. The summed E-state index contributed by atoms with van der Waals surface area (Å²) in [5.74, 6) is 1.44. The van der Waals surface area contributed by atoms with Crippen LogP contribution in [0.4, 0.5) is 0 Å². The summed E-state index contributed by atoms with van der Waals surface area (Å²) >= 11 is 0. The van der Waals surface area contributed by atoms with Crippen molar-refractivity contribution in [3.05, 3.63) is 65.9 Å². The zero-order chi connectivity index (χ0) is 21.5. The van der Waals surface area contributed by atoms with E-state index in [2.05, 4.69) is 9.88 Å². The molecule has 1 N–H and O–H groups in total. The number of nitrogens with one attached hydrogen (secondary N) is 1. The highest BCUT2D eigenvalue weighted by Gasteiger charge is 2.20. The first-order valence-corrected chi connectivity index (χ1v) is 9.87. The van der Waals surface area contributed by atoms with Gasteiger partial charge in [0.25, 0.3) is 5.91 Å². The number of hydrogen-bond donors (Lipinski definition) is 1. The van der Waals surface area contributed by atoms with Crippen molar-refractivity contribution in [2.75, 3.05) is 34.5 Å². The third-order valence-corrected chi connectivity index (χ3v) is 5.00. The minimum absolute atomic E-state index is 0.0972. The normalized spacial score (nSPS) is 10.7. The fraction of sp³-hybridized carbons (Fsp3) is 0.292. The van der Waals surface area contributed by atoms with Crippen LogP contribution >= 0.6 is 0 Å². The van der Waals surface area contributed by atoms with Crippen molar-refractivity contribution >= 4 is 5.91 Å². The minimum Gasteiger partial charge on any atom is -0.497 e. The SMILES string of the molecule is COCCCNC(=O)c1cc(-c2ccc(OC)cc2)n(-c2cccc(OC)c2)c1C. The molecule has 158 valence electrons. The molecule has 2 aromatic carbocycles. The summed E-state index contributed by atoms with van der Waals surface area (Å²) < 4.78 is 17.8. The standard InChI is InChI=1S/C24H28N2O4/c1-17-22(24(27)25-13-6-14-28-2)16-23(18-9-11-20(29-3)12-10-18)26(17)19-7-5-8-21(15-19)30-4/h5,7-12,15-16H,6,13-14H2,1-4H3,(H,25,27). The Morgan fingerprint density at radius 3 is 2.37 bits per heavy atom. The van der Waals surface area contributed by atoms with Gasteiger partial charge >= 0.3 is 0 Å². The molecule has 0 aliphatic rings. The molecule has 1 heterocycles. The molecule has 0 saturated carbocycles. The summed E-state index contributed by atoms with van der Waals surface area (Å²) in [7, 11) is 4.94. The fourth-order valence-electron chi connectivity index (χ4n) is 3.41. The van der Waals surface area contributed by atoms with Crippen LogP contribution in [0.1, 0.15) is 22.5 Å². The molecule has 6 nitrogen and oxygen atoms in total. The monoisotopic (exact) mass is 408 g/mol. The first-order chi connectivity index (χ1) is 14.6. The zero-order valence-electron chi connectivity index (χ0n) is 17.9. The van der Waals surface area contributed by atoms with Gasteiger partial charge in [-0.3, -0.25) is 4.79 Å². The lowest BCUT2D eigenvalue weighted by atomic mass is 10.1. The third-order valence-electron chi connectivity index (χ3n) is 5.00. The molecule has 1 aromatic heterocycles. The van der Waals surface area contributed by atoms with E-state index in [0.717, 1.165) is 40.6 Å². The lowest BCUT2D eigenvalue weighted by Crippen LogP contribution is -2.25. The number of rotatable bonds is 9. The molecule has 1 amide bonds. The zero-order valence-corrected chi connectivity index (χ0v) is 17.9. The van der Waals surface area contributed by atoms with Crippen molar-refractivity contribution < 1.29 is 19.0 Å². The molecule has 0 atom stereocenters. The second-order valence-corrected chi connectivity index (χ2v) is 6.90. The van der Waals surface area contributed by atoms with Crippen LogP contribution < -0.4 is 14.8 Å². The Hall–Kier alpha value is -3.25. The average molecular weight is 408 g/mol.